The van der Waals surface area contributed by atoms with Gasteiger partial charge >= 0.3 is 11.8 Å². The molecule has 0 aliphatic rings. The Morgan fingerprint density at radius 1 is 1.13 bits per heavy atom. The van der Waals surface area contributed by atoms with Crippen molar-refractivity contribution in [3.05, 3.63) is 34.2 Å². The summed E-state index contributed by atoms with van der Waals surface area (Å²) in [6.45, 7) is 13.4. The molecule has 5 heteroatoms. The number of ether oxygens (including phenoxy) is 1. The van der Waals surface area contributed by atoms with Crippen molar-refractivity contribution in [2.75, 3.05) is 0 Å². The highest BCUT2D eigenvalue weighted by Gasteiger charge is 2.26. The number of carbonyl (C=O) groups is 1. The molecule has 2 aromatic rings. The van der Waals surface area contributed by atoms with Crippen LogP contribution in [0.15, 0.2) is 23.0 Å². The number of carbonyl (C=O) groups excluding carboxylic acids is 1. The van der Waals surface area contributed by atoms with Crippen LogP contribution in [-0.4, -0.2) is 20.8 Å². The van der Waals surface area contributed by atoms with E-state index in [1.165, 1.54) is 0 Å². The van der Waals surface area contributed by atoms with Crippen LogP contribution in [0.5, 0.6) is 0 Å². The highest BCUT2D eigenvalue weighted by Crippen LogP contribution is 2.27. The summed E-state index contributed by atoms with van der Waals surface area (Å²) in [5.74, 6) is 0.248. The molecule has 23 heavy (non-hydrogen) atoms. The SMILES string of the molecule is CC(C)c1cccc2c1n(C(C)C)c(=O)n2C(=O)OC(C)(C)C. The van der Waals surface area contributed by atoms with Gasteiger partial charge in [-0.05, 0) is 52.2 Å². The summed E-state index contributed by atoms with van der Waals surface area (Å²) in [5, 5.41) is 0. The second kappa shape index (κ2) is 5.87. The summed E-state index contributed by atoms with van der Waals surface area (Å²) in [6.07, 6.45) is -0.632. The molecule has 1 aromatic heterocycles. The summed E-state index contributed by atoms with van der Waals surface area (Å²) in [4.78, 5) is 25.4. The number of hydrogen-bond acceptors (Lipinski definition) is 3. The molecule has 0 spiro atoms. The number of fused-ring (bicyclic) bond motifs is 1. The Morgan fingerprint density at radius 2 is 1.74 bits per heavy atom. The van der Waals surface area contributed by atoms with E-state index < -0.39 is 11.7 Å². The smallest absolute Gasteiger partial charge is 0.423 e. The number of imidazole rings is 1. The van der Waals surface area contributed by atoms with Crippen LogP contribution in [-0.2, 0) is 4.74 Å². The first-order valence-corrected chi connectivity index (χ1v) is 8.03. The van der Waals surface area contributed by atoms with E-state index in [1.807, 2.05) is 26.0 Å². The van der Waals surface area contributed by atoms with Crippen molar-refractivity contribution >= 4 is 17.1 Å². The average molecular weight is 318 g/mol. The van der Waals surface area contributed by atoms with Crippen LogP contribution in [0.4, 0.5) is 4.79 Å². The summed E-state index contributed by atoms with van der Waals surface area (Å²) in [6, 6.07) is 5.63. The minimum absolute atomic E-state index is 0.0476. The number of aromatic nitrogens is 2. The van der Waals surface area contributed by atoms with E-state index in [-0.39, 0.29) is 17.6 Å². The molecule has 0 bridgehead atoms. The number of rotatable bonds is 2. The topological polar surface area (TPSA) is 53.2 Å². The fourth-order valence-corrected chi connectivity index (χ4v) is 2.73. The Kier molecular flexibility index (Phi) is 4.42. The lowest BCUT2D eigenvalue weighted by atomic mass is 10.0. The molecule has 0 amide bonds. The fraction of sp³-hybridized carbons (Fsp3) is 0.556. The molecular weight excluding hydrogens is 292 g/mol. The van der Waals surface area contributed by atoms with Gasteiger partial charge in [0.2, 0.25) is 0 Å². The van der Waals surface area contributed by atoms with Crippen LogP contribution in [0.3, 0.4) is 0 Å². The van der Waals surface area contributed by atoms with E-state index in [0.717, 1.165) is 15.6 Å². The first-order chi connectivity index (χ1) is 10.5. The normalized spacial score (nSPS) is 12.4. The van der Waals surface area contributed by atoms with E-state index in [0.29, 0.717) is 5.52 Å². The largest absolute Gasteiger partial charge is 0.443 e. The highest BCUT2D eigenvalue weighted by atomic mass is 16.6. The predicted molar refractivity (Wildman–Crippen MR) is 92.3 cm³/mol. The zero-order valence-electron chi connectivity index (χ0n) is 15.0. The van der Waals surface area contributed by atoms with Crippen LogP contribution >= 0.6 is 0 Å². The lowest BCUT2D eigenvalue weighted by Crippen LogP contribution is -2.34. The summed E-state index contributed by atoms with van der Waals surface area (Å²) in [7, 11) is 0. The van der Waals surface area contributed by atoms with Gasteiger partial charge in [0.05, 0.1) is 11.0 Å². The van der Waals surface area contributed by atoms with Gasteiger partial charge in [-0.3, -0.25) is 4.57 Å². The van der Waals surface area contributed by atoms with Crippen LogP contribution in [0.25, 0.3) is 11.0 Å². The Labute approximate surface area is 136 Å². The van der Waals surface area contributed by atoms with Gasteiger partial charge in [0.25, 0.3) is 0 Å². The molecule has 1 aromatic carbocycles. The molecule has 0 saturated heterocycles. The molecule has 0 unspecified atom stereocenters. The van der Waals surface area contributed by atoms with Crippen molar-refractivity contribution < 1.29 is 9.53 Å². The Hall–Kier alpha value is -2.04. The molecule has 126 valence electrons. The molecule has 1 heterocycles. The standard InChI is InChI=1S/C18H26N2O3/c1-11(2)13-9-8-10-14-15(13)19(12(3)4)16(21)20(14)17(22)23-18(5,6)7/h8-12H,1-7H3. The Bertz CT molecular complexity index is 789. The zero-order valence-corrected chi connectivity index (χ0v) is 15.0. The van der Waals surface area contributed by atoms with Crippen LogP contribution in [0.2, 0.25) is 0 Å². The maximum atomic E-state index is 12.9. The van der Waals surface area contributed by atoms with Gasteiger partial charge in [-0.2, -0.15) is 4.57 Å². The highest BCUT2D eigenvalue weighted by molar-refractivity contribution is 5.89. The summed E-state index contributed by atoms with van der Waals surface area (Å²) >= 11 is 0. The van der Waals surface area contributed by atoms with Crippen molar-refractivity contribution in [1.29, 1.82) is 0 Å². The van der Waals surface area contributed by atoms with Crippen molar-refractivity contribution in [2.24, 2.45) is 0 Å². The molecule has 0 N–H and O–H groups in total. The van der Waals surface area contributed by atoms with Gasteiger partial charge in [0, 0.05) is 6.04 Å². The third kappa shape index (κ3) is 3.19. The Balaban J connectivity index is 2.82. The van der Waals surface area contributed by atoms with Crippen molar-refractivity contribution in [3.8, 4) is 0 Å². The van der Waals surface area contributed by atoms with Crippen LogP contribution in [0.1, 0.15) is 66.0 Å². The molecular formula is C18H26N2O3. The maximum absolute atomic E-state index is 12.9. The van der Waals surface area contributed by atoms with E-state index >= 15 is 0 Å². The quantitative estimate of drug-likeness (QED) is 0.830. The molecule has 0 saturated carbocycles. The molecule has 5 nitrogen and oxygen atoms in total. The zero-order chi connectivity index (χ0) is 17.5. The summed E-state index contributed by atoms with van der Waals surface area (Å²) < 4.78 is 8.24. The van der Waals surface area contributed by atoms with Gasteiger partial charge in [-0.15, -0.1) is 0 Å². The van der Waals surface area contributed by atoms with E-state index in [4.69, 9.17) is 4.74 Å². The van der Waals surface area contributed by atoms with Gasteiger partial charge < -0.3 is 4.74 Å². The first kappa shape index (κ1) is 17.3. The average Bonchev–Trinajstić information content (AvgIpc) is 2.67. The third-order valence-corrected chi connectivity index (χ3v) is 3.64. The summed E-state index contributed by atoms with van der Waals surface area (Å²) in [5.41, 5.74) is 1.46. The molecule has 2 rings (SSSR count). The molecule has 0 radical (unpaired) electrons. The Morgan fingerprint density at radius 3 is 2.22 bits per heavy atom. The second-order valence-corrected chi connectivity index (χ2v) is 7.43. The minimum atomic E-state index is -0.654. The van der Waals surface area contributed by atoms with Crippen LogP contribution in [0, 0.1) is 0 Å². The van der Waals surface area contributed by atoms with Gasteiger partial charge in [0.15, 0.2) is 0 Å². The first-order valence-electron chi connectivity index (χ1n) is 8.03. The van der Waals surface area contributed by atoms with E-state index in [1.54, 1.807) is 31.4 Å². The maximum Gasteiger partial charge on any atom is 0.423 e. The van der Waals surface area contributed by atoms with Crippen molar-refractivity contribution in [2.45, 2.75) is 66.0 Å². The van der Waals surface area contributed by atoms with E-state index in [9.17, 15) is 9.59 Å². The lowest BCUT2D eigenvalue weighted by molar-refractivity contribution is 0.0537. The number of hydrogen-bond donors (Lipinski definition) is 0. The number of nitrogens with zero attached hydrogens (tertiary/aromatic N) is 2. The second-order valence-electron chi connectivity index (χ2n) is 7.43. The molecule has 0 fully saturated rings. The van der Waals surface area contributed by atoms with Gasteiger partial charge in [0.1, 0.15) is 5.60 Å². The lowest BCUT2D eigenvalue weighted by Gasteiger charge is -2.19. The predicted octanol–water partition coefficient (Wildman–Crippen LogP) is 4.29. The van der Waals surface area contributed by atoms with Crippen LogP contribution < -0.4 is 5.69 Å². The fourth-order valence-electron chi connectivity index (χ4n) is 2.73. The number of benzene rings is 1. The minimum Gasteiger partial charge on any atom is -0.443 e. The van der Waals surface area contributed by atoms with E-state index in [2.05, 4.69) is 13.8 Å². The molecule has 0 atom stereocenters. The monoisotopic (exact) mass is 318 g/mol. The molecule has 0 aliphatic carbocycles. The number of para-hydroxylation sites is 1. The van der Waals surface area contributed by atoms with Gasteiger partial charge in [-0.25, -0.2) is 9.59 Å². The van der Waals surface area contributed by atoms with Crippen molar-refractivity contribution in [3.63, 3.8) is 0 Å². The molecule has 0 aliphatic heterocycles. The van der Waals surface area contributed by atoms with Crippen molar-refractivity contribution in [1.82, 2.24) is 9.13 Å². The van der Waals surface area contributed by atoms with Gasteiger partial charge in [-0.1, -0.05) is 26.0 Å². The third-order valence-electron chi connectivity index (χ3n) is 3.64.